The Kier molecular flexibility index (Phi) is 3.72. The molecule has 0 radical (unpaired) electrons. The third-order valence-corrected chi connectivity index (χ3v) is 3.75. The zero-order valence-electron chi connectivity index (χ0n) is 12.4. The second-order valence-corrected chi connectivity index (χ2v) is 5.63. The smallest absolute Gasteiger partial charge is 0.0836 e. The van der Waals surface area contributed by atoms with Crippen LogP contribution in [-0.2, 0) is 6.42 Å². The average Bonchev–Trinajstić information content (AvgIpc) is 2.45. The van der Waals surface area contributed by atoms with Gasteiger partial charge in [0.15, 0.2) is 0 Å². The quantitative estimate of drug-likeness (QED) is 0.781. The first-order valence-electron chi connectivity index (χ1n) is 7.22. The van der Waals surface area contributed by atoms with Crippen molar-refractivity contribution < 1.29 is 5.11 Å². The maximum absolute atomic E-state index is 10.6. The van der Waals surface area contributed by atoms with Gasteiger partial charge >= 0.3 is 0 Å². The van der Waals surface area contributed by atoms with Gasteiger partial charge in [-0.2, -0.15) is 0 Å². The molecule has 3 rings (SSSR count). The zero-order chi connectivity index (χ0) is 14.8. The maximum Gasteiger partial charge on any atom is 0.0836 e. The summed E-state index contributed by atoms with van der Waals surface area (Å²) in [5, 5.41) is 11.7. The van der Waals surface area contributed by atoms with Crippen LogP contribution in [-0.4, -0.2) is 10.1 Å². The minimum Gasteiger partial charge on any atom is -0.388 e. The van der Waals surface area contributed by atoms with Crippen LogP contribution in [0.15, 0.2) is 54.7 Å². The number of aliphatic hydroxyl groups is 1. The Labute approximate surface area is 125 Å². The Hall–Kier alpha value is -2.19. The van der Waals surface area contributed by atoms with Gasteiger partial charge in [0, 0.05) is 18.0 Å². The van der Waals surface area contributed by atoms with Gasteiger partial charge in [0.05, 0.1) is 11.6 Å². The number of fused-ring (bicyclic) bond motifs is 1. The molecule has 0 aliphatic carbocycles. The first kappa shape index (κ1) is 13.8. The van der Waals surface area contributed by atoms with E-state index in [1.165, 1.54) is 16.7 Å². The van der Waals surface area contributed by atoms with E-state index >= 15 is 0 Å². The fraction of sp³-hybridized carbons (Fsp3) is 0.211. The Balaban J connectivity index is 1.95. The van der Waals surface area contributed by atoms with Crippen LogP contribution in [0.1, 0.15) is 28.4 Å². The van der Waals surface area contributed by atoms with Crippen LogP contribution in [0.3, 0.4) is 0 Å². The molecule has 0 saturated heterocycles. The lowest BCUT2D eigenvalue weighted by Crippen LogP contribution is -2.03. The number of aromatic nitrogens is 1. The Morgan fingerprint density at radius 1 is 1.00 bits per heavy atom. The second kappa shape index (κ2) is 5.66. The van der Waals surface area contributed by atoms with Crippen molar-refractivity contribution in [3.8, 4) is 0 Å². The van der Waals surface area contributed by atoms with E-state index in [9.17, 15) is 5.11 Å². The number of benzene rings is 2. The number of aryl methyl sites for hydroxylation is 2. The first-order chi connectivity index (χ1) is 10.1. The van der Waals surface area contributed by atoms with Crippen LogP contribution in [0.4, 0.5) is 0 Å². The van der Waals surface area contributed by atoms with Crippen LogP contribution in [0.2, 0.25) is 0 Å². The molecule has 1 atom stereocenters. The van der Waals surface area contributed by atoms with E-state index in [0.717, 1.165) is 16.5 Å². The largest absolute Gasteiger partial charge is 0.388 e. The maximum atomic E-state index is 10.6. The molecule has 0 aliphatic heterocycles. The predicted molar refractivity (Wildman–Crippen MR) is 86.3 cm³/mol. The highest BCUT2D eigenvalue weighted by Crippen LogP contribution is 2.26. The molecule has 0 aliphatic rings. The number of aliphatic hydroxyl groups excluding tert-OH is 1. The van der Waals surface area contributed by atoms with E-state index in [0.29, 0.717) is 6.42 Å². The highest BCUT2D eigenvalue weighted by atomic mass is 16.3. The summed E-state index contributed by atoms with van der Waals surface area (Å²) in [5.74, 6) is 0. The molecule has 0 saturated carbocycles. The van der Waals surface area contributed by atoms with Gasteiger partial charge in [0.25, 0.3) is 0 Å². The van der Waals surface area contributed by atoms with Crippen LogP contribution in [0.25, 0.3) is 10.9 Å². The van der Waals surface area contributed by atoms with Crippen LogP contribution in [0, 0.1) is 13.8 Å². The number of hydrogen-bond donors (Lipinski definition) is 1. The molecule has 106 valence electrons. The standard InChI is InChI=1S/C19H19NO/c1-13-9-14(2)11-15(10-13)12-19(21)17-5-3-7-18-16(17)6-4-8-20-18/h3-11,19,21H,12H2,1-2H3. The van der Waals surface area contributed by atoms with Gasteiger partial charge in [-0.3, -0.25) is 4.98 Å². The highest BCUT2D eigenvalue weighted by Gasteiger charge is 2.12. The van der Waals surface area contributed by atoms with Crippen molar-refractivity contribution in [2.75, 3.05) is 0 Å². The molecule has 2 nitrogen and oxygen atoms in total. The van der Waals surface area contributed by atoms with Crippen LogP contribution in [0.5, 0.6) is 0 Å². The van der Waals surface area contributed by atoms with Gasteiger partial charge in [0.1, 0.15) is 0 Å². The average molecular weight is 277 g/mol. The summed E-state index contributed by atoms with van der Waals surface area (Å²) in [6.45, 7) is 4.18. The molecule has 1 unspecified atom stereocenters. The van der Waals surface area contributed by atoms with Crippen LogP contribution < -0.4 is 0 Å². The van der Waals surface area contributed by atoms with Gasteiger partial charge < -0.3 is 5.11 Å². The third kappa shape index (κ3) is 2.96. The zero-order valence-corrected chi connectivity index (χ0v) is 12.4. The van der Waals surface area contributed by atoms with E-state index in [-0.39, 0.29) is 0 Å². The second-order valence-electron chi connectivity index (χ2n) is 5.63. The molecule has 0 fully saturated rings. The molecule has 1 heterocycles. The molecule has 2 aromatic carbocycles. The van der Waals surface area contributed by atoms with E-state index in [1.807, 2.05) is 30.3 Å². The normalized spacial score (nSPS) is 12.5. The van der Waals surface area contributed by atoms with E-state index in [4.69, 9.17) is 0 Å². The minimum atomic E-state index is -0.515. The van der Waals surface area contributed by atoms with Crippen molar-refractivity contribution in [1.29, 1.82) is 0 Å². The fourth-order valence-electron chi connectivity index (χ4n) is 2.94. The summed E-state index contributed by atoms with van der Waals surface area (Å²) >= 11 is 0. The Bertz CT molecular complexity index is 754. The van der Waals surface area contributed by atoms with E-state index < -0.39 is 6.10 Å². The van der Waals surface area contributed by atoms with E-state index in [2.05, 4.69) is 37.0 Å². The summed E-state index contributed by atoms with van der Waals surface area (Å²) in [4.78, 5) is 4.35. The van der Waals surface area contributed by atoms with Gasteiger partial charge in [-0.05, 0) is 37.1 Å². The lowest BCUT2D eigenvalue weighted by atomic mass is 9.96. The van der Waals surface area contributed by atoms with Crippen molar-refractivity contribution in [2.45, 2.75) is 26.4 Å². The summed E-state index contributed by atoms with van der Waals surface area (Å²) in [5.41, 5.74) is 5.50. The molecular weight excluding hydrogens is 258 g/mol. The number of nitrogens with zero attached hydrogens (tertiary/aromatic N) is 1. The molecule has 0 bridgehead atoms. The Morgan fingerprint density at radius 2 is 1.76 bits per heavy atom. The molecule has 0 spiro atoms. The topological polar surface area (TPSA) is 33.1 Å². The highest BCUT2D eigenvalue weighted by molar-refractivity contribution is 5.82. The first-order valence-corrected chi connectivity index (χ1v) is 7.22. The molecule has 21 heavy (non-hydrogen) atoms. The molecular formula is C19H19NO. The van der Waals surface area contributed by atoms with Gasteiger partial charge in [-0.15, -0.1) is 0 Å². The van der Waals surface area contributed by atoms with Crippen molar-refractivity contribution in [1.82, 2.24) is 4.98 Å². The predicted octanol–water partition coefficient (Wildman–Crippen LogP) is 4.13. The van der Waals surface area contributed by atoms with Crippen molar-refractivity contribution in [2.24, 2.45) is 0 Å². The van der Waals surface area contributed by atoms with Crippen LogP contribution >= 0.6 is 0 Å². The summed E-state index contributed by atoms with van der Waals surface area (Å²) in [6.07, 6.45) is 1.89. The SMILES string of the molecule is Cc1cc(C)cc(CC(O)c2cccc3ncccc23)c1. The third-order valence-electron chi connectivity index (χ3n) is 3.75. The number of rotatable bonds is 3. The molecule has 2 heteroatoms. The molecule has 1 N–H and O–H groups in total. The number of pyridine rings is 1. The van der Waals surface area contributed by atoms with Gasteiger partial charge in [0.2, 0.25) is 0 Å². The minimum absolute atomic E-state index is 0.515. The van der Waals surface area contributed by atoms with E-state index in [1.54, 1.807) is 6.20 Å². The molecule has 0 amide bonds. The Morgan fingerprint density at radius 3 is 2.52 bits per heavy atom. The lowest BCUT2D eigenvalue weighted by Gasteiger charge is -2.14. The van der Waals surface area contributed by atoms with Crippen molar-refractivity contribution in [3.63, 3.8) is 0 Å². The van der Waals surface area contributed by atoms with Gasteiger partial charge in [-0.25, -0.2) is 0 Å². The number of hydrogen-bond acceptors (Lipinski definition) is 2. The molecule has 3 aromatic rings. The summed E-state index contributed by atoms with van der Waals surface area (Å²) < 4.78 is 0. The summed E-state index contributed by atoms with van der Waals surface area (Å²) in [7, 11) is 0. The van der Waals surface area contributed by atoms with Crippen molar-refractivity contribution in [3.05, 3.63) is 77.0 Å². The van der Waals surface area contributed by atoms with Gasteiger partial charge in [-0.1, -0.05) is 47.5 Å². The molecule has 1 aromatic heterocycles. The van der Waals surface area contributed by atoms with Crippen molar-refractivity contribution >= 4 is 10.9 Å². The fourth-order valence-corrected chi connectivity index (χ4v) is 2.94. The summed E-state index contributed by atoms with van der Waals surface area (Å²) in [6, 6.07) is 16.3. The monoisotopic (exact) mass is 277 g/mol. The lowest BCUT2D eigenvalue weighted by molar-refractivity contribution is 0.180.